The number of hydrogen-bond acceptors (Lipinski definition) is 6. The number of para-hydroxylation sites is 2. The predicted octanol–water partition coefficient (Wildman–Crippen LogP) is 1.23. The van der Waals surface area contributed by atoms with Crippen molar-refractivity contribution in [3.8, 4) is 11.4 Å². The third kappa shape index (κ3) is 3.13. The van der Waals surface area contributed by atoms with Gasteiger partial charge in [-0.15, -0.1) is 5.10 Å². The Bertz CT molecular complexity index is 1020. The lowest BCUT2D eigenvalue weighted by molar-refractivity contribution is 0.0987. The Morgan fingerprint density at radius 2 is 2.15 bits per heavy atom. The van der Waals surface area contributed by atoms with Gasteiger partial charge in [0.25, 0.3) is 0 Å². The van der Waals surface area contributed by atoms with Crippen molar-refractivity contribution in [2.45, 2.75) is 20.0 Å². The van der Waals surface area contributed by atoms with E-state index in [1.165, 1.54) is 0 Å². The molecule has 0 spiro atoms. The first kappa shape index (κ1) is 17.4. The Kier molecular flexibility index (Phi) is 4.51. The fourth-order valence-electron chi connectivity index (χ4n) is 3.26. The molecule has 0 unspecified atom stereocenters. The number of rotatable bonds is 5. The fraction of sp³-hybridized carbons (Fsp3) is 0.211. The summed E-state index contributed by atoms with van der Waals surface area (Å²) in [5, 5.41) is 18.1. The van der Waals surface area contributed by atoms with Crippen LogP contribution in [0.25, 0.3) is 5.69 Å². The van der Waals surface area contributed by atoms with Gasteiger partial charge in [0.15, 0.2) is 11.5 Å². The zero-order valence-corrected chi connectivity index (χ0v) is 15.0. The van der Waals surface area contributed by atoms with E-state index in [1.54, 1.807) is 18.7 Å². The number of nitrogens with zero attached hydrogens (tertiary/aromatic N) is 3. The summed E-state index contributed by atoms with van der Waals surface area (Å²) in [6, 6.07) is 13.0. The first-order chi connectivity index (χ1) is 13.1. The number of carbonyl (C=O) groups is 1. The van der Waals surface area contributed by atoms with Gasteiger partial charge in [0.2, 0.25) is 0 Å². The first-order valence-electron chi connectivity index (χ1n) is 8.58. The average Bonchev–Trinajstić information content (AvgIpc) is 3.24. The van der Waals surface area contributed by atoms with Crippen molar-refractivity contribution < 1.29 is 19.2 Å². The molecule has 0 radical (unpaired) electrons. The maximum Gasteiger partial charge on any atom is 0.491 e. The van der Waals surface area contributed by atoms with Crippen molar-refractivity contribution in [1.82, 2.24) is 15.0 Å². The second-order valence-electron chi connectivity index (χ2n) is 6.40. The Morgan fingerprint density at radius 3 is 2.96 bits per heavy atom. The Morgan fingerprint density at radius 1 is 1.33 bits per heavy atom. The third-order valence-corrected chi connectivity index (χ3v) is 4.71. The Labute approximate surface area is 156 Å². The summed E-state index contributed by atoms with van der Waals surface area (Å²) in [5.41, 5.74) is 4.15. The first-order valence-corrected chi connectivity index (χ1v) is 8.58. The highest BCUT2D eigenvalue weighted by molar-refractivity contribution is 6.61. The van der Waals surface area contributed by atoms with Gasteiger partial charge in [-0.3, -0.25) is 4.79 Å². The lowest BCUT2D eigenvalue weighted by atomic mass is 9.78. The number of benzene rings is 2. The summed E-state index contributed by atoms with van der Waals surface area (Å²) < 4.78 is 12.2. The number of methoxy groups -OCH3 is 1. The Hall–Kier alpha value is -2.97. The summed E-state index contributed by atoms with van der Waals surface area (Å²) in [6.07, 6.45) is 0.172. The van der Waals surface area contributed by atoms with Gasteiger partial charge in [0.05, 0.1) is 19.4 Å². The highest BCUT2D eigenvalue weighted by Gasteiger charge is 2.28. The van der Waals surface area contributed by atoms with Crippen LogP contribution in [0, 0.1) is 6.92 Å². The number of ketones is 1. The molecule has 2 aromatic carbocycles. The number of fused-ring (bicyclic) bond motifs is 1. The van der Waals surface area contributed by atoms with Crippen molar-refractivity contribution in [3.05, 3.63) is 65.0 Å². The smallest absolute Gasteiger partial charge is 0.491 e. The molecule has 7 nitrogen and oxygen atoms in total. The molecule has 0 atom stereocenters. The van der Waals surface area contributed by atoms with Crippen LogP contribution in [0.3, 0.4) is 0 Å². The van der Waals surface area contributed by atoms with Gasteiger partial charge in [0, 0.05) is 6.42 Å². The summed E-state index contributed by atoms with van der Waals surface area (Å²) in [5.74, 6) is 0.513. The molecule has 1 aromatic heterocycles. The molecule has 3 aromatic rings. The normalized spacial score (nSPS) is 12.9. The molecule has 4 rings (SSSR count). The van der Waals surface area contributed by atoms with Crippen LogP contribution in [-0.4, -0.2) is 40.0 Å². The molecule has 0 bridgehead atoms. The molecule has 0 saturated heterocycles. The summed E-state index contributed by atoms with van der Waals surface area (Å²) in [4.78, 5) is 12.8. The van der Waals surface area contributed by atoms with Gasteiger partial charge in [0.1, 0.15) is 11.4 Å². The monoisotopic (exact) mass is 363 g/mol. The highest BCUT2D eigenvalue weighted by atomic mass is 16.5. The summed E-state index contributed by atoms with van der Waals surface area (Å²) in [7, 11) is 0.659. The minimum atomic E-state index is -0.928. The number of hydrogen-bond donors (Lipinski definition) is 1. The van der Waals surface area contributed by atoms with E-state index >= 15 is 0 Å². The molecular formula is C19H18BN3O4. The van der Waals surface area contributed by atoms with Crippen molar-refractivity contribution in [3.63, 3.8) is 0 Å². The molecule has 1 aliphatic rings. The molecule has 1 N–H and O–H groups in total. The van der Waals surface area contributed by atoms with Gasteiger partial charge in [-0.25, -0.2) is 4.68 Å². The standard InChI is InChI=1S/C19H18BN3O4/c1-12-19(21-22-23(12)16-5-3-4-6-18(16)26-2)17(24)10-13-7-8-14-11-27-20(25)15(14)9-13/h3-9,25H,10-11H2,1-2H3. The highest BCUT2D eigenvalue weighted by Crippen LogP contribution is 2.23. The number of Topliss-reactive ketones (excluding diaryl/α,β-unsaturated/α-hetero) is 1. The van der Waals surface area contributed by atoms with E-state index in [4.69, 9.17) is 9.39 Å². The number of carbonyl (C=O) groups excluding carboxylic acids is 1. The van der Waals surface area contributed by atoms with Crippen LogP contribution in [-0.2, 0) is 17.7 Å². The van der Waals surface area contributed by atoms with Crippen LogP contribution >= 0.6 is 0 Å². The zero-order valence-electron chi connectivity index (χ0n) is 15.0. The van der Waals surface area contributed by atoms with Gasteiger partial charge in [-0.1, -0.05) is 35.5 Å². The lowest BCUT2D eigenvalue weighted by Gasteiger charge is -2.09. The van der Waals surface area contributed by atoms with Crippen molar-refractivity contribution in [2.75, 3.05) is 7.11 Å². The van der Waals surface area contributed by atoms with Crippen LogP contribution < -0.4 is 10.2 Å². The van der Waals surface area contributed by atoms with Crippen molar-refractivity contribution in [1.29, 1.82) is 0 Å². The van der Waals surface area contributed by atoms with Crippen molar-refractivity contribution in [2.24, 2.45) is 0 Å². The van der Waals surface area contributed by atoms with E-state index in [1.807, 2.05) is 42.5 Å². The molecule has 0 aliphatic carbocycles. The topological polar surface area (TPSA) is 86.5 Å². The zero-order chi connectivity index (χ0) is 19.0. The quantitative estimate of drug-likeness (QED) is 0.542. The minimum absolute atomic E-state index is 0.137. The van der Waals surface area contributed by atoms with Crippen LogP contribution in [0.2, 0.25) is 0 Å². The third-order valence-electron chi connectivity index (χ3n) is 4.71. The van der Waals surface area contributed by atoms with E-state index in [9.17, 15) is 9.82 Å². The molecule has 0 fully saturated rings. The van der Waals surface area contributed by atoms with Crippen LogP contribution in [0.1, 0.15) is 27.3 Å². The maximum atomic E-state index is 12.8. The van der Waals surface area contributed by atoms with Gasteiger partial charge in [-0.05, 0) is 35.6 Å². The number of aromatic nitrogens is 3. The molecule has 1 aliphatic heterocycles. The summed E-state index contributed by atoms with van der Waals surface area (Å²) >= 11 is 0. The Balaban J connectivity index is 1.61. The number of ether oxygens (including phenoxy) is 1. The molecule has 8 heteroatoms. The molecular weight excluding hydrogens is 345 g/mol. The van der Waals surface area contributed by atoms with Crippen LogP contribution in [0.5, 0.6) is 5.75 Å². The predicted molar refractivity (Wildman–Crippen MR) is 99.5 cm³/mol. The van der Waals surface area contributed by atoms with E-state index in [-0.39, 0.29) is 12.2 Å². The minimum Gasteiger partial charge on any atom is -0.494 e. The van der Waals surface area contributed by atoms with Gasteiger partial charge < -0.3 is 14.4 Å². The van der Waals surface area contributed by atoms with E-state index in [0.29, 0.717) is 23.7 Å². The van der Waals surface area contributed by atoms with Crippen molar-refractivity contribution >= 4 is 18.4 Å². The van der Waals surface area contributed by atoms with Crippen LogP contribution in [0.4, 0.5) is 0 Å². The van der Waals surface area contributed by atoms with Gasteiger partial charge in [-0.2, -0.15) is 0 Å². The second-order valence-corrected chi connectivity index (χ2v) is 6.40. The second kappa shape index (κ2) is 6.98. The fourth-order valence-corrected chi connectivity index (χ4v) is 3.26. The van der Waals surface area contributed by atoms with E-state index in [2.05, 4.69) is 10.3 Å². The van der Waals surface area contributed by atoms with Crippen LogP contribution in [0.15, 0.2) is 42.5 Å². The maximum absolute atomic E-state index is 12.8. The molecule has 136 valence electrons. The largest absolute Gasteiger partial charge is 0.494 e. The van der Waals surface area contributed by atoms with E-state index in [0.717, 1.165) is 22.3 Å². The molecule has 27 heavy (non-hydrogen) atoms. The average molecular weight is 363 g/mol. The SMILES string of the molecule is COc1ccccc1-n1nnc(C(=O)Cc2ccc3c(c2)B(O)OC3)c1C. The molecule has 2 heterocycles. The van der Waals surface area contributed by atoms with Gasteiger partial charge >= 0.3 is 7.12 Å². The molecule has 0 amide bonds. The lowest BCUT2D eigenvalue weighted by Crippen LogP contribution is -2.28. The molecule has 0 saturated carbocycles. The van der Waals surface area contributed by atoms with E-state index < -0.39 is 7.12 Å². The summed E-state index contributed by atoms with van der Waals surface area (Å²) in [6.45, 7) is 2.19.